The molecule has 0 saturated heterocycles. The highest BCUT2D eigenvalue weighted by molar-refractivity contribution is 8.18. The van der Waals surface area contributed by atoms with Gasteiger partial charge in [0.15, 0.2) is 16.7 Å². The van der Waals surface area contributed by atoms with Crippen molar-refractivity contribution in [3.05, 3.63) is 28.7 Å². The highest BCUT2D eigenvalue weighted by Crippen LogP contribution is 2.35. The first-order valence-electron chi connectivity index (χ1n) is 6.06. The number of hydrogen-bond acceptors (Lipinski definition) is 5. The molecule has 0 bridgehead atoms. The monoisotopic (exact) mass is 306 g/mol. The molecule has 0 fully saturated rings. The Morgan fingerprint density at radius 3 is 2.71 bits per heavy atom. The average molecular weight is 306 g/mol. The molecule has 0 unspecified atom stereocenters. The number of carbonyl (C=O) groups is 2. The van der Waals surface area contributed by atoms with Crippen molar-refractivity contribution < 1.29 is 19.1 Å². The van der Waals surface area contributed by atoms with Crippen molar-refractivity contribution >= 4 is 34.8 Å². The summed E-state index contributed by atoms with van der Waals surface area (Å²) in [5.41, 5.74) is 0.701. The van der Waals surface area contributed by atoms with E-state index in [0.717, 1.165) is 11.8 Å². The molecule has 0 radical (unpaired) electrons. The summed E-state index contributed by atoms with van der Waals surface area (Å²) >= 11 is 1.11. The smallest absolute Gasteiger partial charge is 0.286 e. The summed E-state index contributed by atoms with van der Waals surface area (Å²) in [4.78, 5) is 27.0. The Morgan fingerprint density at radius 2 is 2.10 bits per heavy atom. The van der Waals surface area contributed by atoms with E-state index in [1.165, 1.54) is 14.0 Å². The van der Waals surface area contributed by atoms with Crippen molar-refractivity contribution in [3.63, 3.8) is 0 Å². The zero-order valence-corrected chi connectivity index (χ0v) is 12.6. The van der Waals surface area contributed by atoms with Crippen LogP contribution in [0, 0.1) is 0 Å². The molecule has 21 heavy (non-hydrogen) atoms. The Kier molecular flexibility index (Phi) is 4.64. The molecule has 2 amide bonds. The summed E-state index contributed by atoms with van der Waals surface area (Å²) in [5.74, 6) is 0.446. The molecule has 0 aliphatic carbocycles. The molecule has 2 rings (SSSR count). The van der Waals surface area contributed by atoms with Crippen molar-refractivity contribution in [1.29, 1.82) is 0 Å². The maximum atomic E-state index is 11.8. The van der Waals surface area contributed by atoms with Crippen LogP contribution in [-0.2, 0) is 9.59 Å². The molecular formula is C14H14N2O4S. The molecule has 0 saturated carbocycles. The summed E-state index contributed by atoms with van der Waals surface area (Å²) in [6.07, 6.45) is 1.66. The van der Waals surface area contributed by atoms with E-state index in [9.17, 15) is 9.59 Å². The Morgan fingerprint density at radius 1 is 1.33 bits per heavy atom. The number of amides is 2. The molecule has 0 spiro atoms. The summed E-state index contributed by atoms with van der Waals surface area (Å²) in [5, 5.41) is 2.77. The molecule has 1 aliphatic heterocycles. The van der Waals surface area contributed by atoms with E-state index in [1.807, 2.05) is 0 Å². The van der Waals surface area contributed by atoms with E-state index >= 15 is 0 Å². The Labute approximate surface area is 126 Å². The van der Waals surface area contributed by atoms with Crippen molar-refractivity contribution in [2.24, 2.45) is 4.99 Å². The Bertz CT molecular complexity index is 652. The van der Waals surface area contributed by atoms with Gasteiger partial charge in [0, 0.05) is 12.5 Å². The lowest BCUT2D eigenvalue weighted by Gasteiger charge is -2.10. The van der Waals surface area contributed by atoms with E-state index in [2.05, 4.69) is 10.3 Å². The van der Waals surface area contributed by atoms with Gasteiger partial charge >= 0.3 is 0 Å². The number of amidine groups is 1. The van der Waals surface area contributed by atoms with Gasteiger partial charge in [-0.1, -0.05) is 12.1 Å². The number of nitrogens with zero attached hydrogens (tertiary/aromatic N) is 1. The highest BCUT2D eigenvalue weighted by atomic mass is 32.2. The first-order chi connectivity index (χ1) is 10.0. The van der Waals surface area contributed by atoms with Gasteiger partial charge in [0.05, 0.1) is 19.1 Å². The molecule has 1 aliphatic rings. The van der Waals surface area contributed by atoms with Crippen LogP contribution in [0.1, 0.15) is 12.5 Å². The fraction of sp³-hybridized carbons (Fsp3) is 0.214. The van der Waals surface area contributed by atoms with Crippen LogP contribution in [0.25, 0.3) is 6.08 Å². The second-order valence-corrected chi connectivity index (χ2v) is 5.13. The number of rotatable bonds is 3. The number of ether oxygens (including phenoxy) is 2. The van der Waals surface area contributed by atoms with E-state index < -0.39 is 5.91 Å². The lowest BCUT2D eigenvalue weighted by atomic mass is 10.1. The molecule has 1 aromatic carbocycles. The largest absolute Gasteiger partial charge is 0.493 e. The Hall–Kier alpha value is -2.28. The zero-order valence-electron chi connectivity index (χ0n) is 11.8. The predicted molar refractivity (Wildman–Crippen MR) is 81.4 cm³/mol. The maximum absolute atomic E-state index is 11.8. The number of aliphatic imine (C=N–C) groups is 1. The number of hydrogen-bond donors (Lipinski definition) is 1. The minimum atomic E-state index is -0.395. The third kappa shape index (κ3) is 3.43. The van der Waals surface area contributed by atoms with E-state index in [0.29, 0.717) is 22.0 Å². The number of benzene rings is 1. The second kappa shape index (κ2) is 6.45. The van der Waals surface area contributed by atoms with Crippen LogP contribution in [0.3, 0.4) is 0 Å². The van der Waals surface area contributed by atoms with E-state index in [-0.39, 0.29) is 11.1 Å². The van der Waals surface area contributed by atoms with Crippen LogP contribution >= 0.6 is 11.8 Å². The first-order valence-corrected chi connectivity index (χ1v) is 6.88. The summed E-state index contributed by atoms with van der Waals surface area (Å²) < 4.78 is 10.5. The Balaban J connectivity index is 2.30. The van der Waals surface area contributed by atoms with Crippen LogP contribution in [0.2, 0.25) is 0 Å². The molecule has 7 heteroatoms. The lowest BCUT2D eigenvalue weighted by molar-refractivity contribution is -0.117. The third-order valence-electron chi connectivity index (χ3n) is 2.62. The van der Waals surface area contributed by atoms with Gasteiger partial charge in [-0.15, -0.1) is 0 Å². The van der Waals surface area contributed by atoms with E-state index in [4.69, 9.17) is 9.47 Å². The van der Waals surface area contributed by atoms with Crippen molar-refractivity contribution in [2.75, 3.05) is 14.2 Å². The number of carbonyl (C=O) groups excluding carboxylic acids is 2. The topological polar surface area (TPSA) is 77.0 Å². The van der Waals surface area contributed by atoms with Crippen LogP contribution in [0.4, 0.5) is 0 Å². The number of thioether (sulfide) groups is 1. The fourth-order valence-electron chi connectivity index (χ4n) is 1.78. The quantitative estimate of drug-likeness (QED) is 0.862. The van der Waals surface area contributed by atoms with Crippen LogP contribution < -0.4 is 14.8 Å². The molecule has 1 heterocycles. The normalized spacial score (nSPS) is 15.9. The fourth-order valence-corrected chi connectivity index (χ4v) is 2.63. The number of methoxy groups -OCH3 is 2. The van der Waals surface area contributed by atoms with Gasteiger partial charge in [0.25, 0.3) is 5.91 Å². The minimum Gasteiger partial charge on any atom is -0.493 e. The highest BCUT2D eigenvalue weighted by Gasteiger charge is 2.23. The lowest BCUT2D eigenvalue weighted by Crippen LogP contribution is -2.23. The maximum Gasteiger partial charge on any atom is 0.286 e. The molecule has 0 aromatic heterocycles. The van der Waals surface area contributed by atoms with Gasteiger partial charge < -0.3 is 14.8 Å². The standard InChI is InChI=1S/C14H14N2O4S/c1-8(17)15-14-16-13(18)11(21-14)7-9-5-4-6-10(19-2)12(9)20-3/h4-7H,1-3H3,(H,15,16,17,18). The number of para-hydroxylation sites is 1. The molecule has 110 valence electrons. The van der Waals surface area contributed by atoms with Crippen molar-refractivity contribution in [2.45, 2.75) is 6.92 Å². The zero-order chi connectivity index (χ0) is 15.4. The van der Waals surface area contributed by atoms with Crippen LogP contribution in [0.5, 0.6) is 11.5 Å². The van der Waals surface area contributed by atoms with E-state index in [1.54, 1.807) is 31.4 Å². The molecule has 1 aromatic rings. The van der Waals surface area contributed by atoms with Gasteiger partial charge in [-0.2, -0.15) is 4.99 Å². The summed E-state index contributed by atoms with van der Waals surface area (Å²) in [7, 11) is 3.07. The van der Waals surface area contributed by atoms with Crippen molar-refractivity contribution in [3.8, 4) is 11.5 Å². The first kappa shape index (κ1) is 15.1. The predicted octanol–water partition coefficient (Wildman–Crippen LogP) is 1.81. The van der Waals surface area contributed by atoms with Gasteiger partial charge in [-0.05, 0) is 23.9 Å². The SMILES string of the molecule is COc1cccc(C=C2SC(NC(C)=O)=NC2=O)c1OC. The van der Waals surface area contributed by atoms with Crippen LogP contribution in [-0.4, -0.2) is 31.2 Å². The van der Waals surface area contributed by atoms with Gasteiger partial charge in [0.1, 0.15) is 0 Å². The average Bonchev–Trinajstić information content (AvgIpc) is 2.77. The van der Waals surface area contributed by atoms with Crippen LogP contribution in [0.15, 0.2) is 28.1 Å². The molecule has 6 nitrogen and oxygen atoms in total. The van der Waals surface area contributed by atoms with Gasteiger partial charge in [-0.25, -0.2) is 0 Å². The molecule has 0 atom stereocenters. The molecular weight excluding hydrogens is 292 g/mol. The number of nitrogens with one attached hydrogen (secondary N) is 1. The van der Waals surface area contributed by atoms with Crippen molar-refractivity contribution in [1.82, 2.24) is 5.32 Å². The third-order valence-corrected chi connectivity index (χ3v) is 3.52. The van der Waals surface area contributed by atoms with Gasteiger partial charge in [0.2, 0.25) is 5.91 Å². The summed E-state index contributed by atoms with van der Waals surface area (Å²) in [6.45, 7) is 1.36. The molecule has 1 N–H and O–H groups in total. The summed E-state index contributed by atoms with van der Waals surface area (Å²) in [6, 6.07) is 5.37. The second-order valence-electron chi connectivity index (χ2n) is 4.10. The minimum absolute atomic E-state index is 0.269. The van der Waals surface area contributed by atoms with Gasteiger partial charge in [-0.3, -0.25) is 9.59 Å².